The van der Waals surface area contributed by atoms with Crippen molar-refractivity contribution in [1.29, 1.82) is 0 Å². The Hall–Kier alpha value is -2.04. The highest BCUT2D eigenvalue weighted by Gasteiger charge is 2.04. The summed E-state index contributed by atoms with van der Waals surface area (Å²) in [5.74, 6) is -0.399. The van der Waals surface area contributed by atoms with Crippen molar-refractivity contribution < 1.29 is 9.59 Å². The third kappa shape index (κ3) is 2.78. The highest BCUT2D eigenvalue weighted by Crippen LogP contribution is 2.01. The summed E-state index contributed by atoms with van der Waals surface area (Å²) in [5, 5.41) is 0. The maximum atomic E-state index is 11.3. The first-order valence-electron chi connectivity index (χ1n) is 4.02. The predicted molar refractivity (Wildman–Crippen MR) is 51.4 cm³/mol. The number of hydrazine groups is 1. The van der Waals surface area contributed by atoms with E-state index in [0.717, 1.165) is 5.56 Å². The molecule has 14 heavy (non-hydrogen) atoms. The maximum Gasteiger partial charge on any atom is 0.330 e. The summed E-state index contributed by atoms with van der Waals surface area (Å²) in [6.45, 7) is 1.92. The van der Waals surface area contributed by atoms with Gasteiger partial charge in [-0.3, -0.25) is 10.2 Å². The summed E-state index contributed by atoms with van der Waals surface area (Å²) in [6.07, 6.45) is 0. The van der Waals surface area contributed by atoms with E-state index in [0.29, 0.717) is 5.56 Å². The Morgan fingerprint density at radius 2 is 1.71 bits per heavy atom. The Kier molecular flexibility index (Phi) is 3.06. The fraction of sp³-hybridized carbons (Fsp3) is 0.111. The lowest BCUT2D eigenvalue weighted by Gasteiger charge is -2.04. The molecule has 0 aliphatic carbocycles. The maximum absolute atomic E-state index is 11.3. The largest absolute Gasteiger partial charge is 0.350 e. The zero-order valence-electron chi connectivity index (χ0n) is 7.70. The lowest BCUT2D eigenvalue weighted by Crippen LogP contribution is -2.44. The van der Waals surface area contributed by atoms with Crippen molar-refractivity contribution >= 4 is 11.9 Å². The highest BCUT2D eigenvalue weighted by molar-refractivity contribution is 5.95. The number of primary amides is 1. The van der Waals surface area contributed by atoms with Crippen LogP contribution in [0.5, 0.6) is 0 Å². The van der Waals surface area contributed by atoms with E-state index in [1.807, 2.05) is 12.3 Å². The average molecular weight is 193 g/mol. The first-order chi connectivity index (χ1) is 6.59. The first-order valence-corrected chi connectivity index (χ1v) is 4.02. The number of nitrogens with one attached hydrogen (secondary N) is 2. The highest BCUT2D eigenvalue weighted by atomic mass is 16.2. The van der Waals surface area contributed by atoms with Gasteiger partial charge in [0.15, 0.2) is 0 Å². The molecule has 0 aliphatic heterocycles. The molecule has 0 bridgehead atoms. The van der Waals surface area contributed by atoms with Crippen LogP contribution < -0.4 is 16.6 Å². The van der Waals surface area contributed by atoms with Gasteiger partial charge in [0.1, 0.15) is 0 Å². The molecule has 0 fully saturated rings. The van der Waals surface area contributed by atoms with Crippen molar-refractivity contribution in [2.75, 3.05) is 0 Å². The van der Waals surface area contributed by atoms with Gasteiger partial charge < -0.3 is 5.73 Å². The van der Waals surface area contributed by atoms with Crippen LogP contribution in [-0.4, -0.2) is 11.9 Å². The average Bonchev–Trinajstić information content (AvgIpc) is 2.15. The molecule has 1 rings (SSSR count). The fourth-order valence-corrected chi connectivity index (χ4v) is 0.895. The van der Waals surface area contributed by atoms with E-state index in [2.05, 4.69) is 5.43 Å². The van der Waals surface area contributed by atoms with Gasteiger partial charge in [-0.1, -0.05) is 17.7 Å². The van der Waals surface area contributed by atoms with Gasteiger partial charge in [-0.05, 0) is 19.1 Å². The second kappa shape index (κ2) is 4.27. The van der Waals surface area contributed by atoms with Gasteiger partial charge in [0, 0.05) is 5.56 Å². The Morgan fingerprint density at radius 3 is 2.21 bits per heavy atom. The van der Waals surface area contributed by atoms with Crippen LogP contribution in [0, 0.1) is 6.92 Å². The van der Waals surface area contributed by atoms with E-state index in [9.17, 15) is 9.59 Å². The van der Waals surface area contributed by atoms with Gasteiger partial charge in [0.05, 0.1) is 0 Å². The molecule has 0 heterocycles. The van der Waals surface area contributed by atoms with Crippen LogP contribution in [-0.2, 0) is 0 Å². The smallest absolute Gasteiger partial charge is 0.330 e. The van der Waals surface area contributed by atoms with Crippen molar-refractivity contribution in [3.63, 3.8) is 0 Å². The van der Waals surface area contributed by atoms with Gasteiger partial charge in [0.25, 0.3) is 5.91 Å². The molecule has 0 spiro atoms. The summed E-state index contributed by atoms with van der Waals surface area (Å²) < 4.78 is 0. The molecule has 74 valence electrons. The number of aryl methyl sites for hydroxylation is 1. The first kappa shape index (κ1) is 10.0. The minimum atomic E-state index is -0.800. The molecule has 0 aliphatic rings. The minimum Gasteiger partial charge on any atom is -0.350 e. The van der Waals surface area contributed by atoms with Crippen molar-refractivity contribution in [3.05, 3.63) is 35.4 Å². The molecule has 5 heteroatoms. The van der Waals surface area contributed by atoms with Crippen LogP contribution in [0.4, 0.5) is 4.79 Å². The number of rotatable bonds is 1. The quantitative estimate of drug-likeness (QED) is 0.561. The van der Waals surface area contributed by atoms with Crippen molar-refractivity contribution in [2.45, 2.75) is 6.92 Å². The Balaban J connectivity index is 2.61. The number of amides is 3. The zero-order chi connectivity index (χ0) is 10.6. The van der Waals surface area contributed by atoms with Gasteiger partial charge >= 0.3 is 6.03 Å². The molecule has 0 radical (unpaired) electrons. The van der Waals surface area contributed by atoms with E-state index in [1.54, 1.807) is 24.3 Å². The molecule has 5 nitrogen and oxygen atoms in total. The monoisotopic (exact) mass is 193 g/mol. The van der Waals surface area contributed by atoms with Crippen molar-refractivity contribution in [3.8, 4) is 0 Å². The predicted octanol–water partition coefficient (Wildman–Crippen LogP) is 0.308. The normalized spacial score (nSPS) is 9.21. The molecule has 0 saturated carbocycles. The Labute approximate surface area is 81.3 Å². The van der Waals surface area contributed by atoms with E-state index in [1.165, 1.54) is 0 Å². The SMILES string of the molecule is Cc1ccc(C(=O)NNC(N)=O)cc1. The number of benzene rings is 1. The van der Waals surface area contributed by atoms with E-state index < -0.39 is 11.9 Å². The van der Waals surface area contributed by atoms with Gasteiger partial charge in [-0.2, -0.15) is 0 Å². The molecular formula is C9H11N3O2. The number of carbonyl (C=O) groups is 2. The van der Waals surface area contributed by atoms with Crippen LogP contribution in [0.1, 0.15) is 15.9 Å². The zero-order valence-corrected chi connectivity index (χ0v) is 7.70. The standard InChI is InChI=1S/C9H11N3O2/c1-6-2-4-7(5-3-6)8(13)11-12-9(10)14/h2-5H,1H3,(H,11,13)(H3,10,12,14). The summed E-state index contributed by atoms with van der Waals surface area (Å²) in [7, 11) is 0. The fourth-order valence-electron chi connectivity index (χ4n) is 0.895. The second-order valence-electron chi connectivity index (χ2n) is 2.81. The molecule has 4 N–H and O–H groups in total. The Morgan fingerprint density at radius 1 is 1.14 bits per heavy atom. The molecule has 0 unspecified atom stereocenters. The Bertz CT molecular complexity index is 346. The lowest BCUT2D eigenvalue weighted by molar-refractivity contribution is 0.0937. The molecule has 0 aromatic heterocycles. The van der Waals surface area contributed by atoms with E-state index in [-0.39, 0.29) is 0 Å². The minimum absolute atomic E-state index is 0.399. The van der Waals surface area contributed by atoms with Crippen LogP contribution in [0.25, 0.3) is 0 Å². The van der Waals surface area contributed by atoms with Gasteiger partial charge in [-0.15, -0.1) is 0 Å². The molecule has 1 aromatic rings. The number of nitrogens with two attached hydrogens (primary N) is 1. The topological polar surface area (TPSA) is 84.2 Å². The summed E-state index contributed by atoms with van der Waals surface area (Å²) in [5.41, 5.74) is 10.5. The van der Waals surface area contributed by atoms with Crippen LogP contribution >= 0.6 is 0 Å². The third-order valence-corrected chi connectivity index (χ3v) is 1.61. The summed E-state index contributed by atoms with van der Waals surface area (Å²) in [4.78, 5) is 21.6. The molecule has 0 saturated heterocycles. The summed E-state index contributed by atoms with van der Waals surface area (Å²) in [6, 6.07) is 6.13. The third-order valence-electron chi connectivity index (χ3n) is 1.61. The van der Waals surface area contributed by atoms with Gasteiger partial charge in [-0.25, -0.2) is 10.2 Å². The summed E-state index contributed by atoms with van der Waals surface area (Å²) >= 11 is 0. The number of urea groups is 1. The second-order valence-corrected chi connectivity index (χ2v) is 2.81. The van der Waals surface area contributed by atoms with Crippen LogP contribution in [0.3, 0.4) is 0 Å². The molecule has 3 amide bonds. The van der Waals surface area contributed by atoms with Crippen LogP contribution in [0.2, 0.25) is 0 Å². The van der Waals surface area contributed by atoms with Crippen molar-refractivity contribution in [2.24, 2.45) is 5.73 Å². The lowest BCUT2D eigenvalue weighted by atomic mass is 10.1. The number of hydrogen-bond donors (Lipinski definition) is 3. The molecule has 1 aromatic carbocycles. The van der Waals surface area contributed by atoms with Gasteiger partial charge in [0.2, 0.25) is 0 Å². The van der Waals surface area contributed by atoms with E-state index >= 15 is 0 Å². The number of hydrogen-bond acceptors (Lipinski definition) is 2. The number of carbonyl (C=O) groups excluding carboxylic acids is 2. The van der Waals surface area contributed by atoms with Crippen LogP contribution in [0.15, 0.2) is 24.3 Å². The molecular weight excluding hydrogens is 182 g/mol. The van der Waals surface area contributed by atoms with E-state index in [4.69, 9.17) is 5.73 Å². The van der Waals surface area contributed by atoms with Crippen molar-refractivity contribution in [1.82, 2.24) is 10.9 Å². The molecule has 0 atom stereocenters.